The second kappa shape index (κ2) is 5.60. The van der Waals surface area contributed by atoms with Gasteiger partial charge in [-0.2, -0.15) is 13.2 Å². The van der Waals surface area contributed by atoms with E-state index in [2.05, 4.69) is 4.98 Å². The van der Waals surface area contributed by atoms with E-state index in [0.717, 1.165) is 6.07 Å². The standard InChI is InChI=1S/C13H8Cl2F3NO/c14-10-2-1-7(3-8(10)6-20)12-11(15)4-9(5-19-12)13(16,17)18/h1-5,20H,6H2. The Kier molecular flexibility index (Phi) is 4.22. The Bertz CT molecular complexity index is 644. The lowest BCUT2D eigenvalue weighted by Gasteiger charge is -2.10. The quantitative estimate of drug-likeness (QED) is 0.879. The molecule has 2 nitrogen and oxygen atoms in total. The smallest absolute Gasteiger partial charge is 0.392 e. The van der Waals surface area contributed by atoms with Crippen molar-refractivity contribution in [1.82, 2.24) is 4.98 Å². The summed E-state index contributed by atoms with van der Waals surface area (Å²) in [7, 11) is 0. The lowest BCUT2D eigenvalue weighted by Crippen LogP contribution is -2.05. The van der Waals surface area contributed by atoms with Crippen LogP contribution in [0.4, 0.5) is 13.2 Å². The third-order valence-corrected chi connectivity index (χ3v) is 3.31. The largest absolute Gasteiger partial charge is 0.417 e. The van der Waals surface area contributed by atoms with Crippen LogP contribution in [0.25, 0.3) is 11.3 Å². The van der Waals surface area contributed by atoms with Crippen LogP contribution in [0.5, 0.6) is 0 Å². The number of nitrogens with zero attached hydrogens (tertiary/aromatic N) is 1. The Morgan fingerprint density at radius 3 is 2.35 bits per heavy atom. The van der Waals surface area contributed by atoms with Crippen molar-refractivity contribution >= 4 is 23.2 Å². The number of hydrogen-bond donors (Lipinski definition) is 1. The first-order valence-corrected chi connectivity index (χ1v) is 6.21. The highest BCUT2D eigenvalue weighted by atomic mass is 35.5. The number of alkyl halides is 3. The number of hydrogen-bond acceptors (Lipinski definition) is 2. The fourth-order valence-electron chi connectivity index (χ4n) is 1.65. The number of pyridine rings is 1. The van der Waals surface area contributed by atoms with Crippen LogP contribution in [0.1, 0.15) is 11.1 Å². The first kappa shape index (κ1) is 15.1. The minimum absolute atomic E-state index is 0.119. The molecule has 0 saturated carbocycles. The summed E-state index contributed by atoms with van der Waals surface area (Å²) >= 11 is 11.7. The van der Waals surface area contributed by atoms with E-state index >= 15 is 0 Å². The molecule has 1 aromatic carbocycles. The van der Waals surface area contributed by atoms with E-state index in [9.17, 15) is 13.2 Å². The molecule has 1 N–H and O–H groups in total. The maximum absolute atomic E-state index is 12.5. The third kappa shape index (κ3) is 3.06. The van der Waals surface area contributed by atoms with Crippen molar-refractivity contribution in [1.29, 1.82) is 0 Å². The SMILES string of the molecule is OCc1cc(-c2ncc(C(F)(F)F)cc2Cl)ccc1Cl. The van der Waals surface area contributed by atoms with Gasteiger partial charge in [0.15, 0.2) is 0 Å². The molecule has 0 aliphatic heterocycles. The van der Waals surface area contributed by atoms with E-state index in [4.69, 9.17) is 28.3 Å². The number of benzene rings is 1. The second-order valence-electron chi connectivity index (χ2n) is 4.02. The zero-order valence-corrected chi connectivity index (χ0v) is 11.4. The molecule has 0 unspecified atom stereocenters. The normalized spacial score (nSPS) is 11.7. The number of aliphatic hydroxyl groups is 1. The molecule has 0 aliphatic carbocycles. The molecular weight excluding hydrogens is 314 g/mol. The van der Waals surface area contributed by atoms with Gasteiger partial charge in [-0.15, -0.1) is 0 Å². The summed E-state index contributed by atoms with van der Waals surface area (Å²) in [6, 6.07) is 5.45. The van der Waals surface area contributed by atoms with Crippen molar-refractivity contribution in [3.8, 4) is 11.3 Å². The molecule has 0 bridgehead atoms. The highest BCUT2D eigenvalue weighted by molar-refractivity contribution is 6.33. The van der Waals surface area contributed by atoms with E-state index in [1.807, 2.05) is 0 Å². The Balaban J connectivity index is 2.49. The fraction of sp³-hybridized carbons (Fsp3) is 0.154. The average molecular weight is 322 g/mol. The lowest BCUT2D eigenvalue weighted by molar-refractivity contribution is -0.137. The van der Waals surface area contributed by atoms with Crippen LogP contribution in [0.15, 0.2) is 30.5 Å². The summed E-state index contributed by atoms with van der Waals surface area (Å²) in [6.07, 6.45) is -3.78. The average Bonchev–Trinajstić information content (AvgIpc) is 2.38. The summed E-state index contributed by atoms with van der Waals surface area (Å²) in [5.41, 5.74) is 0.215. The van der Waals surface area contributed by atoms with Gasteiger partial charge in [0.1, 0.15) is 0 Å². The van der Waals surface area contributed by atoms with Crippen molar-refractivity contribution in [2.75, 3.05) is 0 Å². The molecular formula is C13H8Cl2F3NO. The van der Waals surface area contributed by atoms with Gasteiger partial charge in [0, 0.05) is 16.8 Å². The highest BCUT2D eigenvalue weighted by Gasteiger charge is 2.31. The molecule has 7 heteroatoms. The summed E-state index contributed by atoms with van der Waals surface area (Å²) in [5, 5.41) is 9.36. The first-order chi connectivity index (χ1) is 9.32. The van der Waals surface area contributed by atoms with E-state index in [1.165, 1.54) is 12.1 Å². The van der Waals surface area contributed by atoms with Crippen molar-refractivity contribution in [2.45, 2.75) is 12.8 Å². The maximum Gasteiger partial charge on any atom is 0.417 e. The minimum Gasteiger partial charge on any atom is -0.392 e. The molecule has 2 rings (SSSR count). The van der Waals surface area contributed by atoms with E-state index in [-0.39, 0.29) is 17.3 Å². The highest BCUT2D eigenvalue weighted by Crippen LogP contribution is 2.34. The Hall–Kier alpha value is -1.30. The van der Waals surface area contributed by atoms with Crippen molar-refractivity contribution in [2.24, 2.45) is 0 Å². The van der Waals surface area contributed by atoms with Gasteiger partial charge in [-0.05, 0) is 23.8 Å². The van der Waals surface area contributed by atoms with Crippen molar-refractivity contribution in [3.63, 3.8) is 0 Å². The molecule has 0 atom stereocenters. The van der Waals surface area contributed by atoms with Crippen LogP contribution in [0.3, 0.4) is 0 Å². The first-order valence-electron chi connectivity index (χ1n) is 5.45. The monoisotopic (exact) mass is 321 g/mol. The van der Waals surface area contributed by atoms with Crippen LogP contribution in [-0.4, -0.2) is 10.1 Å². The Morgan fingerprint density at radius 1 is 1.10 bits per heavy atom. The van der Waals surface area contributed by atoms with E-state index < -0.39 is 11.7 Å². The summed E-state index contributed by atoms with van der Waals surface area (Å²) in [5.74, 6) is 0. The zero-order valence-electron chi connectivity index (χ0n) is 9.88. The predicted molar refractivity (Wildman–Crippen MR) is 70.6 cm³/mol. The van der Waals surface area contributed by atoms with Gasteiger partial charge in [-0.25, -0.2) is 0 Å². The summed E-state index contributed by atoms with van der Waals surface area (Å²) < 4.78 is 37.6. The van der Waals surface area contributed by atoms with Gasteiger partial charge in [-0.1, -0.05) is 29.3 Å². The number of aromatic nitrogens is 1. The van der Waals surface area contributed by atoms with Crippen LogP contribution in [0, 0.1) is 0 Å². The number of halogens is 5. The molecule has 0 spiro atoms. The lowest BCUT2D eigenvalue weighted by atomic mass is 10.1. The van der Waals surface area contributed by atoms with Gasteiger partial charge >= 0.3 is 6.18 Å². The van der Waals surface area contributed by atoms with Crippen LogP contribution in [-0.2, 0) is 12.8 Å². The number of aliphatic hydroxyl groups excluding tert-OH is 1. The fourth-order valence-corrected chi connectivity index (χ4v) is 2.10. The van der Waals surface area contributed by atoms with Gasteiger partial charge in [0.2, 0.25) is 0 Å². The van der Waals surface area contributed by atoms with Crippen molar-refractivity contribution < 1.29 is 18.3 Å². The Labute approximate surface area is 122 Å². The maximum atomic E-state index is 12.5. The minimum atomic E-state index is -4.49. The zero-order chi connectivity index (χ0) is 14.9. The molecule has 0 amide bonds. The molecule has 1 heterocycles. The topological polar surface area (TPSA) is 33.1 Å². The van der Waals surface area contributed by atoms with Gasteiger partial charge < -0.3 is 5.11 Å². The van der Waals surface area contributed by atoms with Crippen molar-refractivity contribution in [3.05, 3.63) is 51.6 Å². The molecule has 0 saturated heterocycles. The van der Waals surface area contributed by atoms with Gasteiger partial charge in [-0.3, -0.25) is 4.98 Å². The Morgan fingerprint density at radius 2 is 1.80 bits per heavy atom. The van der Waals surface area contributed by atoms with Crippen LogP contribution < -0.4 is 0 Å². The van der Waals surface area contributed by atoms with E-state index in [0.29, 0.717) is 22.3 Å². The summed E-state index contributed by atoms with van der Waals surface area (Å²) in [4.78, 5) is 3.74. The molecule has 0 fully saturated rings. The molecule has 1 aromatic heterocycles. The molecule has 0 aliphatic rings. The number of rotatable bonds is 2. The summed E-state index contributed by atoms with van der Waals surface area (Å²) in [6.45, 7) is -0.287. The van der Waals surface area contributed by atoms with Gasteiger partial charge in [0.25, 0.3) is 0 Å². The van der Waals surface area contributed by atoms with Crippen LogP contribution >= 0.6 is 23.2 Å². The van der Waals surface area contributed by atoms with Crippen LogP contribution in [0.2, 0.25) is 10.0 Å². The molecule has 0 radical (unpaired) electrons. The molecule has 2 aromatic rings. The molecule has 20 heavy (non-hydrogen) atoms. The molecule has 106 valence electrons. The second-order valence-corrected chi connectivity index (χ2v) is 4.83. The predicted octanol–water partition coefficient (Wildman–Crippen LogP) is 4.57. The van der Waals surface area contributed by atoms with Gasteiger partial charge in [0.05, 0.1) is 22.9 Å². The van der Waals surface area contributed by atoms with E-state index in [1.54, 1.807) is 6.07 Å². The third-order valence-electron chi connectivity index (χ3n) is 2.66.